The van der Waals surface area contributed by atoms with Crippen LogP contribution in [0.4, 0.5) is 0 Å². The van der Waals surface area contributed by atoms with E-state index in [0.717, 1.165) is 36.0 Å². The second-order valence-electron chi connectivity index (χ2n) is 6.89. The molecule has 1 spiro atoms. The van der Waals surface area contributed by atoms with Crippen molar-refractivity contribution < 1.29 is 9.15 Å². The standard InChI is InChI=1S/C19H24N2O2/c1-2-13-11-18(21-20)22-17-12-16-14(10-15(13)17)6-9-19(23-16)7-4-3-5-8-19/h10-12H,2-9,20H2,1H3. The molecule has 122 valence electrons. The third-order valence-electron chi connectivity index (χ3n) is 5.47. The fourth-order valence-electron chi connectivity index (χ4n) is 4.15. The molecule has 4 rings (SSSR count). The van der Waals surface area contributed by atoms with Gasteiger partial charge in [0.2, 0.25) is 5.55 Å². The number of hydrogen-bond acceptors (Lipinski definition) is 4. The predicted octanol–water partition coefficient (Wildman–Crippen LogP) is 3.80. The minimum absolute atomic E-state index is 0.0579. The van der Waals surface area contributed by atoms with Crippen LogP contribution >= 0.6 is 0 Å². The second kappa shape index (κ2) is 5.59. The van der Waals surface area contributed by atoms with Gasteiger partial charge in [0.1, 0.15) is 16.9 Å². The molecule has 0 bridgehead atoms. The molecule has 4 nitrogen and oxygen atoms in total. The van der Waals surface area contributed by atoms with Gasteiger partial charge in [0.25, 0.3) is 0 Å². The van der Waals surface area contributed by atoms with Crippen LogP contribution in [0.15, 0.2) is 27.7 Å². The van der Waals surface area contributed by atoms with Crippen molar-refractivity contribution in [2.45, 2.75) is 63.9 Å². The van der Waals surface area contributed by atoms with E-state index in [1.165, 1.54) is 43.2 Å². The maximum Gasteiger partial charge on any atom is 0.236 e. The highest BCUT2D eigenvalue weighted by molar-refractivity contribution is 5.83. The molecule has 1 saturated carbocycles. The first-order valence-electron chi connectivity index (χ1n) is 8.76. The Morgan fingerprint density at radius 3 is 2.70 bits per heavy atom. The van der Waals surface area contributed by atoms with E-state index in [2.05, 4.69) is 18.1 Å². The molecule has 2 aliphatic rings. The SMILES string of the molecule is CCc1cc(=NN)oc2cc3c(cc12)CCC1(CCCCC1)O3. The molecule has 0 saturated heterocycles. The minimum atomic E-state index is 0.0579. The van der Waals surface area contributed by atoms with Gasteiger partial charge in [0.15, 0.2) is 0 Å². The zero-order chi connectivity index (χ0) is 15.9. The lowest BCUT2D eigenvalue weighted by Gasteiger charge is -2.41. The van der Waals surface area contributed by atoms with Gasteiger partial charge in [0, 0.05) is 17.5 Å². The molecule has 2 heterocycles. The molecule has 0 atom stereocenters. The van der Waals surface area contributed by atoms with E-state index in [1.54, 1.807) is 0 Å². The van der Waals surface area contributed by atoms with Gasteiger partial charge < -0.3 is 15.0 Å². The molecule has 1 aliphatic carbocycles. The average molecular weight is 312 g/mol. The summed E-state index contributed by atoms with van der Waals surface area (Å²) < 4.78 is 12.3. The van der Waals surface area contributed by atoms with Crippen LogP contribution in [0.2, 0.25) is 0 Å². The van der Waals surface area contributed by atoms with E-state index in [1.807, 2.05) is 12.1 Å². The molecule has 0 unspecified atom stereocenters. The monoisotopic (exact) mass is 312 g/mol. The Bertz CT molecular complexity index is 801. The number of nitrogens with two attached hydrogens (primary N) is 1. The summed E-state index contributed by atoms with van der Waals surface area (Å²) in [5.41, 5.74) is 3.87. The number of benzene rings is 1. The molecule has 1 fully saturated rings. The molecular weight excluding hydrogens is 288 g/mol. The molecule has 4 heteroatoms. The topological polar surface area (TPSA) is 60.8 Å². The van der Waals surface area contributed by atoms with Crippen molar-refractivity contribution in [2.24, 2.45) is 10.9 Å². The first-order chi connectivity index (χ1) is 11.2. The predicted molar refractivity (Wildman–Crippen MR) is 90.1 cm³/mol. The van der Waals surface area contributed by atoms with Gasteiger partial charge in [-0.2, -0.15) is 0 Å². The van der Waals surface area contributed by atoms with Gasteiger partial charge in [-0.25, -0.2) is 0 Å². The van der Waals surface area contributed by atoms with Gasteiger partial charge in [-0.3, -0.25) is 0 Å². The van der Waals surface area contributed by atoms with Crippen LogP contribution in [0.5, 0.6) is 5.75 Å². The van der Waals surface area contributed by atoms with Crippen molar-refractivity contribution in [3.8, 4) is 5.75 Å². The summed E-state index contributed by atoms with van der Waals surface area (Å²) in [7, 11) is 0. The lowest BCUT2D eigenvalue weighted by Crippen LogP contribution is -2.41. The highest BCUT2D eigenvalue weighted by atomic mass is 16.5. The molecule has 23 heavy (non-hydrogen) atoms. The van der Waals surface area contributed by atoms with Crippen LogP contribution in [-0.2, 0) is 12.8 Å². The first-order valence-corrected chi connectivity index (χ1v) is 8.76. The molecule has 1 aromatic carbocycles. The van der Waals surface area contributed by atoms with E-state index >= 15 is 0 Å². The van der Waals surface area contributed by atoms with Crippen molar-refractivity contribution in [2.75, 3.05) is 0 Å². The number of nitrogens with zero attached hydrogens (tertiary/aromatic N) is 1. The second-order valence-corrected chi connectivity index (χ2v) is 6.89. The Kier molecular flexibility index (Phi) is 3.55. The summed E-state index contributed by atoms with van der Waals surface area (Å²) in [6.45, 7) is 2.14. The summed E-state index contributed by atoms with van der Waals surface area (Å²) in [4.78, 5) is 0. The van der Waals surface area contributed by atoms with Gasteiger partial charge >= 0.3 is 0 Å². The zero-order valence-electron chi connectivity index (χ0n) is 13.7. The molecule has 2 aromatic rings. The van der Waals surface area contributed by atoms with E-state index < -0.39 is 0 Å². The number of rotatable bonds is 1. The van der Waals surface area contributed by atoms with Crippen molar-refractivity contribution in [1.29, 1.82) is 0 Å². The van der Waals surface area contributed by atoms with Crippen LogP contribution in [0.3, 0.4) is 0 Å². The summed E-state index contributed by atoms with van der Waals surface area (Å²) in [6, 6.07) is 6.22. The summed E-state index contributed by atoms with van der Waals surface area (Å²) in [5, 5.41) is 4.87. The van der Waals surface area contributed by atoms with Gasteiger partial charge in [-0.15, -0.1) is 5.10 Å². The van der Waals surface area contributed by atoms with E-state index in [0.29, 0.717) is 5.55 Å². The lowest BCUT2D eigenvalue weighted by atomic mass is 9.79. The molecule has 0 amide bonds. The first kappa shape index (κ1) is 14.6. The number of hydrogen-bond donors (Lipinski definition) is 1. The van der Waals surface area contributed by atoms with Gasteiger partial charge in [-0.1, -0.05) is 13.3 Å². The molecule has 2 N–H and O–H groups in total. The number of ether oxygens (including phenoxy) is 1. The van der Waals surface area contributed by atoms with Crippen LogP contribution < -0.4 is 16.1 Å². The van der Waals surface area contributed by atoms with Crippen molar-refractivity contribution in [1.82, 2.24) is 0 Å². The number of fused-ring (bicyclic) bond motifs is 2. The Balaban J connectivity index is 1.82. The maximum atomic E-state index is 6.49. The highest BCUT2D eigenvalue weighted by Crippen LogP contribution is 2.43. The van der Waals surface area contributed by atoms with Crippen molar-refractivity contribution in [3.63, 3.8) is 0 Å². The van der Waals surface area contributed by atoms with Crippen LogP contribution in [0.1, 0.15) is 56.6 Å². The van der Waals surface area contributed by atoms with Gasteiger partial charge in [0.05, 0.1) is 0 Å². The largest absolute Gasteiger partial charge is 0.487 e. The highest BCUT2D eigenvalue weighted by Gasteiger charge is 2.37. The quantitative estimate of drug-likeness (QED) is 0.643. The van der Waals surface area contributed by atoms with E-state index in [-0.39, 0.29) is 5.60 Å². The summed E-state index contributed by atoms with van der Waals surface area (Å²) >= 11 is 0. The molecule has 0 radical (unpaired) electrons. The Morgan fingerprint density at radius 2 is 1.96 bits per heavy atom. The average Bonchev–Trinajstić information content (AvgIpc) is 2.59. The van der Waals surface area contributed by atoms with Crippen LogP contribution in [0.25, 0.3) is 11.0 Å². The van der Waals surface area contributed by atoms with Crippen molar-refractivity contribution in [3.05, 3.63) is 34.9 Å². The number of aryl methyl sites for hydroxylation is 2. The fraction of sp³-hybridized carbons (Fsp3) is 0.526. The summed E-state index contributed by atoms with van der Waals surface area (Å²) in [5.74, 6) is 6.41. The zero-order valence-corrected chi connectivity index (χ0v) is 13.7. The van der Waals surface area contributed by atoms with Crippen molar-refractivity contribution >= 4 is 11.0 Å². The molecule has 1 aliphatic heterocycles. The third kappa shape index (κ3) is 2.50. The Morgan fingerprint density at radius 1 is 1.13 bits per heavy atom. The van der Waals surface area contributed by atoms with Crippen LogP contribution in [0, 0.1) is 0 Å². The summed E-state index contributed by atoms with van der Waals surface area (Å²) in [6.07, 6.45) is 9.43. The van der Waals surface area contributed by atoms with E-state index in [4.69, 9.17) is 15.0 Å². The Hall–Kier alpha value is -1.97. The molecular formula is C19H24N2O2. The van der Waals surface area contributed by atoms with Crippen LogP contribution in [-0.4, -0.2) is 5.60 Å². The van der Waals surface area contributed by atoms with E-state index in [9.17, 15) is 0 Å². The minimum Gasteiger partial charge on any atom is -0.487 e. The lowest BCUT2D eigenvalue weighted by molar-refractivity contribution is 0.0109. The maximum absolute atomic E-state index is 6.49. The third-order valence-corrected chi connectivity index (χ3v) is 5.47. The normalized spacial score (nSPS) is 20.5. The molecule has 1 aromatic heterocycles. The van der Waals surface area contributed by atoms with Gasteiger partial charge in [-0.05, 0) is 62.1 Å². The fourth-order valence-corrected chi connectivity index (χ4v) is 4.15. The Labute approximate surface area is 136 Å². The smallest absolute Gasteiger partial charge is 0.236 e.